The molecule has 0 aromatic heterocycles. The summed E-state index contributed by atoms with van der Waals surface area (Å²) >= 11 is 0. The van der Waals surface area contributed by atoms with E-state index in [2.05, 4.69) is 24.1 Å². The molecular formula is C17H34N2O2. The van der Waals surface area contributed by atoms with E-state index >= 15 is 0 Å². The summed E-state index contributed by atoms with van der Waals surface area (Å²) in [5.41, 5.74) is 0. The minimum Gasteiger partial charge on any atom is -0.381 e. The Bertz CT molecular complexity index is 272. The predicted molar refractivity (Wildman–Crippen MR) is 86.7 cm³/mol. The van der Waals surface area contributed by atoms with Crippen LogP contribution in [0.25, 0.3) is 0 Å². The van der Waals surface area contributed by atoms with Gasteiger partial charge in [0.05, 0.1) is 19.3 Å². The minimum absolute atomic E-state index is 0.494. The third kappa shape index (κ3) is 5.85. The highest BCUT2D eigenvalue weighted by atomic mass is 16.5. The van der Waals surface area contributed by atoms with Crippen molar-refractivity contribution >= 4 is 0 Å². The van der Waals surface area contributed by atoms with Crippen LogP contribution in [0.4, 0.5) is 0 Å². The molecule has 1 saturated carbocycles. The molecular weight excluding hydrogens is 264 g/mol. The van der Waals surface area contributed by atoms with Crippen molar-refractivity contribution in [3.05, 3.63) is 0 Å². The van der Waals surface area contributed by atoms with Crippen LogP contribution in [0.3, 0.4) is 0 Å². The van der Waals surface area contributed by atoms with Crippen molar-refractivity contribution in [1.29, 1.82) is 0 Å². The molecule has 2 fully saturated rings. The molecule has 0 spiro atoms. The Kier molecular flexibility index (Phi) is 7.44. The summed E-state index contributed by atoms with van der Waals surface area (Å²) in [5, 5.41) is 3.83. The summed E-state index contributed by atoms with van der Waals surface area (Å²) in [7, 11) is 1.84. The molecule has 4 heteroatoms. The Morgan fingerprint density at radius 1 is 1.14 bits per heavy atom. The van der Waals surface area contributed by atoms with Crippen LogP contribution in [0.5, 0.6) is 0 Å². The van der Waals surface area contributed by atoms with Gasteiger partial charge in [-0.25, -0.2) is 0 Å². The van der Waals surface area contributed by atoms with Crippen LogP contribution in [0.1, 0.15) is 46.0 Å². The largest absolute Gasteiger partial charge is 0.381 e. The van der Waals surface area contributed by atoms with Gasteiger partial charge < -0.3 is 14.8 Å². The second kappa shape index (κ2) is 9.09. The number of methoxy groups -OCH3 is 1. The molecule has 2 rings (SSSR count). The van der Waals surface area contributed by atoms with Crippen LogP contribution >= 0.6 is 0 Å². The van der Waals surface area contributed by atoms with E-state index < -0.39 is 0 Å². The van der Waals surface area contributed by atoms with Gasteiger partial charge in [0.1, 0.15) is 0 Å². The SMILES string of the molecule is COC1CCC(NCC(CC(C)C)N2CCOCC2)CC1. The van der Waals surface area contributed by atoms with Crippen molar-refractivity contribution in [2.24, 2.45) is 5.92 Å². The second-order valence-corrected chi connectivity index (χ2v) is 7.05. The molecule has 0 aromatic carbocycles. The molecule has 124 valence electrons. The Morgan fingerprint density at radius 2 is 1.81 bits per heavy atom. The van der Waals surface area contributed by atoms with E-state index in [0.717, 1.165) is 38.8 Å². The van der Waals surface area contributed by atoms with Gasteiger partial charge in [-0.15, -0.1) is 0 Å². The van der Waals surface area contributed by atoms with Gasteiger partial charge in [-0.05, 0) is 38.0 Å². The Labute approximate surface area is 130 Å². The summed E-state index contributed by atoms with van der Waals surface area (Å²) in [6, 6.07) is 1.35. The number of hydrogen-bond donors (Lipinski definition) is 1. The smallest absolute Gasteiger partial charge is 0.0594 e. The number of nitrogens with one attached hydrogen (secondary N) is 1. The standard InChI is InChI=1S/C17H34N2O2/c1-14(2)12-16(19-8-10-21-11-9-19)13-18-15-4-6-17(20-3)7-5-15/h14-18H,4-13H2,1-3H3. The van der Waals surface area contributed by atoms with Crippen molar-refractivity contribution in [3.8, 4) is 0 Å². The van der Waals surface area contributed by atoms with Crippen LogP contribution in [0.15, 0.2) is 0 Å². The zero-order valence-corrected chi connectivity index (χ0v) is 14.1. The summed E-state index contributed by atoms with van der Waals surface area (Å²) in [5.74, 6) is 0.754. The zero-order valence-electron chi connectivity index (χ0n) is 14.1. The first kappa shape index (κ1) is 17.2. The van der Waals surface area contributed by atoms with Crippen LogP contribution in [-0.4, -0.2) is 63.0 Å². The van der Waals surface area contributed by atoms with E-state index in [0.29, 0.717) is 18.2 Å². The molecule has 0 amide bonds. The first-order chi connectivity index (χ1) is 10.2. The highest BCUT2D eigenvalue weighted by Crippen LogP contribution is 2.21. The summed E-state index contributed by atoms with van der Waals surface area (Å²) in [6.07, 6.45) is 6.71. The maximum absolute atomic E-state index is 5.50. The normalized spacial score (nSPS) is 29.7. The predicted octanol–water partition coefficient (Wildman–Crippen LogP) is 2.28. The van der Waals surface area contributed by atoms with Gasteiger partial charge in [-0.3, -0.25) is 4.90 Å². The fourth-order valence-corrected chi connectivity index (χ4v) is 3.65. The molecule has 0 bridgehead atoms. The van der Waals surface area contributed by atoms with E-state index in [1.807, 2.05) is 7.11 Å². The molecule has 1 aliphatic carbocycles. The molecule has 1 N–H and O–H groups in total. The molecule has 1 unspecified atom stereocenters. The van der Waals surface area contributed by atoms with E-state index in [-0.39, 0.29) is 0 Å². The third-order valence-electron chi connectivity index (χ3n) is 4.96. The third-order valence-corrected chi connectivity index (χ3v) is 4.96. The average Bonchev–Trinajstić information content (AvgIpc) is 2.52. The fraction of sp³-hybridized carbons (Fsp3) is 1.00. The van der Waals surface area contributed by atoms with Crippen molar-refractivity contribution in [2.75, 3.05) is 40.0 Å². The summed E-state index contributed by atoms with van der Waals surface area (Å²) in [4.78, 5) is 2.62. The van der Waals surface area contributed by atoms with E-state index in [1.54, 1.807) is 0 Å². The van der Waals surface area contributed by atoms with Gasteiger partial charge in [0.15, 0.2) is 0 Å². The minimum atomic E-state index is 0.494. The molecule has 1 heterocycles. The lowest BCUT2D eigenvalue weighted by Gasteiger charge is -2.37. The highest BCUT2D eigenvalue weighted by Gasteiger charge is 2.25. The van der Waals surface area contributed by atoms with Crippen molar-refractivity contribution < 1.29 is 9.47 Å². The molecule has 1 saturated heterocycles. The molecule has 21 heavy (non-hydrogen) atoms. The second-order valence-electron chi connectivity index (χ2n) is 7.05. The van der Waals surface area contributed by atoms with Gasteiger partial charge in [0.2, 0.25) is 0 Å². The first-order valence-electron chi connectivity index (χ1n) is 8.77. The number of nitrogens with zero attached hydrogens (tertiary/aromatic N) is 1. The van der Waals surface area contributed by atoms with E-state index in [1.165, 1.54) is 32.1 Å². The number of rotatable bonds is 7. The Balaban J connectivity index is 1.75. The quantitative estimate of drug-likeness (QED) is 0.782. The van der Waals surface area contributed by atoms with Gasteiger partial charge in [-0.1, -0.05) is 13.8 Å². The van der Waals surface area contributed by atoms with Gasteiger partial charge in [0, 0.05) is 38.8 Å². The lowest BCUT2D eigenvalue weighted by atomic mass is 9.92. The van der Waals surface area contributed by atoms with Crippen LogP contribution in [-0.2, 0) is 9.47 Å². The Morgan fingerprint density at radius 3 is 2.38 bits per heavy atom. The lowest BCUT2D eigenvalue weighted by Crippen LogP contribution is -2.50. The van der Waals surface area contributed by atoms with E-state index in [9.17, 15) is 0 Å². The van der Waals surface area contributed by atoms with Crippen LogP contribution < -0.4 is 5.32 Å². The van der Waals surface area contributed by atoms with Crippen molar-refractivity contribution in [1.82, 2.24) is 10.2 Å². The molecule has 0 aromatic rings. The van der Waals surface area contributed by atoms with Crippen LogP contribution in [0.2, 0.25) is 0 Å². The molecule has 1 aliphatic heterocycles. The fourth-order valence-electron chi connectivity index (χ4n) is 3.65. The van der Waals surface area contributed by atoms with Gasteiger partial charge in [-0.2, -0.15) is 0 Å². The molecule has 1 atom stereocenters. The number of morpholine rings is 1. The number of ether oxygens (including phenoxy) is 2. The maximum Gasteiger partial charge on any atom is 0.0594 e. The highest BCUT2D eigenvalue weighted by molar-refractivity contribution is 4.82. The summed E-state index contributed by atoms with van der Waals surface area (Å²) < 4.78 is 11.0. The zero-order chi connectivity index (χ0) is 15.1. The topological polar surface area (TPSA) is 33.7 Å². The van der Waals surface area contributed by atoms with Crippen molar-refractivity contribution in [3.63, 3.8) is 0 Å². The molecule has 0 radical (unpaired) electrons. The monoisotopic (exact) mass is 298 g/mol. The summed E-state index contributed by atoms with van der Waals surface area (Å²) in [6.45, 7) is 9.76. The Hall–Kier alpha value is -0.160. The molecule has 2 aliphatic rings. The van der Waals surface area contributed by atoms with Gasteiger partial charge in [0.25, 0.3) is 0 Å². The maximum atomic E-state index is 5.50. The average molecular weight is 298 g/mol. The van der Waals surface area contributed by atoms with Crippen molar-refractivity contribution in [2.45, 2.75) is 64.1 Å². The van der Waals surface area contributed by atoms with E-state index in [4.69, 9.17) is 9.47 Å². The molecule has 4 nitrogen and oxygen atoms in total. The number of hydrogen-bond acceptors (Lipinski definition) is 4. The van der Waals surface area contributed by atoms with Crippen LogP contribution in [0, 0.1) is 5.92 Å². The van der Waals surface area contributed by atoms with Gasteiger partial charge >= 0.3 is 0 Å². The first-order valence-corrected chi connectivity index (χ1v) is 8.77. The lowest BCUT2D eigenvalue weighted by molar-refractivity contribution is 0.0106.